The quantitative estimate of drug-likeness (QED) is 0.335. The molecule has 98 valence electrons. The minimum atomic E-state index is -1.47. The number of rotatable bonds is 8. The van der Waals surface area contributed by atoms with Crippen molar-refractivity contribution in [2.24, 2.45) is 11.5 Å². The maximum absolute atomic E-state index is 11.4. The van der Waals surface area contributed by atoms with Crippen LogP contribution in [0.5, 0.6) is 0 Å². The molecule has 0 aromatic heterocycles. The predicted molar refractivity (Wildman–Crippen MR) is 58.1 cm³/mol. The SMILES string of the molecule is NCCC[C@H](N)C(=O)N[C@H](CC(=O)O)C(=O)O. The first-order valence-corrected chi connectivity index (χ1v) is 5.09. The number of carboxylic acids is 2. The molecule has 7 N–H and O–H groups in total. The van der Waals surface area contributed by atoms with Crippen LogP contribution < -0.4 is 16.8 Å². The summed E-state index contributed by atoms with van der Waals surface area (Å²) in [5.74, 6) is -3.41. The molecule has 17 heavy (non-hydrogen) atoms. The highest BCUT2D eigenvalue weighted by molar-refractivity contribution is 5.88. The van der Waals surface area contributed by atoms with Gasteiger partial charge in [-0.2, -0.15) is 0 Å². The lowest BCUT2D eigenvalue weighted by Crippen LogP contribution is -2.49. The molecule has 0 unspecified atom stereocenters. The van der Waals surface area contributed by atoms with Crippen LogP contribution in [0.4, 0.5) is 0 Å². The second-order valence-electron chi connectivity index (χ2n) is 3.53. The lowest BCUT2D eigenvalue weighted by molar-refractivity contribution is -0.147. The zero-order chi connectivity index (χ0) is 13.4. The number of nitrogens with one attached hydrogen (secondary N) is 1. The van der Waals surface area contributed by atoms with Gasteiger partial charge in [-0.25, -0.2) is 4.79 Å². The van der Waals surface area contributed by atoms with Crippen LogP contribution in [0.25, 0.3) is 0 Å². The van der Waals surface area contributed by atoms with Gasteiger partial charge in [0.1, 0.15) is 6.04 Å². The van der Waals surface area contributed by atoms with Crippen molar-refractivity contribution >= 4 is 17.8 Å². The molecular formula is C9H17N3O5. The minimum absolute atomic E-state index is 0.321. The molecule has 0 bridgehead atoms. The highest BCUT2D eigenvalue weighted by Gasteiger charge is 2.25. The van der Waals surface area contributed by atoms with Crippen molar-refractivity contribution < 1.29 is 24.6 Å². The first-order chi connectivity index (χ1) is 7.88. The largest absolute Gasteiger partial charge is 0.481 e. The Morgan fingerprint density at radius 2 is 1.82 bits per heavy atom. The molecule has 0 aliphatic rings. The van der Waals surface area contributed by atoms with E-state index >= 15 is 0 Å². The summed E-state index contributed by atoms with van der Waals surface area (Å²) in [7, 11) is 0. The number of nitrogens with two attached hydrogens (primary N) is 2. The van der Waals surface area contributed by atoms with Gasteiger partial charge in [-0.1, -0.05) is 0 Å². The van der Waals surface area contributed by atoms with Crippen LogP contribution in [-0.4, -0.2) is 46.7 Å². The molecule has 0 aliphatic heterocycles. The van der Waals surface area contributed by atoms with Crippen molar-refractivity contribution in [2.45, 2.75) is 31.3 Å². The van der Waals surface area contributed by atoms with Crippen LogP contribution in [0.3, 0.4) is 0 Å². The summed E-state index contributed by atoms with van der Waals surface area (Å²) in [5, 5.41) is 19.2. The Morgan fingerprint density at radius 3 is 2.24 bits per heavy atom. The van der Waals surface area contributed by atoms with Gasteiger partial charge < -0.3 is 27.0 Å². The third-order valence-electron chi connectivity index (χ3n) is 2.05. The fraction of sp³-hybridized carbons (Fsp3) is 0.667. The van der Waals surface area contributed by atoms with E-state index < -0.39 is 36.4 Å². The highest BCUT2D eigenvalue weighted by atomic mass is 16.4. The van der Waals surface area contributed by atoms with Crippen LogP contribution in [0.2, 0.25) is 0 Å². The normalized spacial score (nSPS) is 13.8. The molecule has 0 saturated carbocycles. The second kappa shape index (κ2) is 7.58. The Bertz CT molecular complexity index is 294. The Kier molecular flexibility index (Phi) is 6.83. The van der Waals surface area contributed by atoms with Gasteiger partial charge in [-0.3, -0.25) is 9.59 Å². The third-order valence-corrected chi connectivity index (χ3v) is 2.05. The number of aliphatic carboxylic acids is 2. The third kappa shape index (κ3) is 6.48. The Labute approximate surface area is 98.0 Å². The summed E-state index contributed by atoms with van der Waals surface area (Å²) in [6.07, 6.45) is 0.164. The van der Waals surface area contributed by atoms with Crippen molar-refractivity contribution in [2.75, 3.05) is 6.54 Å². The second-order valence-corrected chi connectivity index (χ2v) is 3.53. The molecule has 8 nitrogen and oxygen atoms in total. The Morgan fingerprint density at radius 1 is 1.24 bits per heavy atom. The van der Waals surface area contributed by atoms with E-state index in [0.717, 1.165) is 0 Å². The maximum Gasteiger partial charge on any atom is 0.326 e. The van der Waals surface area contributed by atoms with Gasteiger partial charge in [0.05, 0.1) is 12.5 Å². The molecule has 0 heterocycles. The van der Waals surface area contributed by atoms with Gasteiger partial charge in [0.25, 0.3) is 0 Å². The van der Waals surface area contributed by atoms with Crippen molar-refractivity contribution in [1.29, 1.82) is 0 Å². The molecule has 0 radical (unpaired) electrons. The minimum Gasteiger partial charge on any atom is -0.481 e. The molecule has 0 saturated heterocycles. The molecular weight excluding hydrogens is 230 g/mol. The fourth-order valence-electron chi connectivity index (χ4n) is 1.12. The van der Waals surface area contributed by atoms with Crippen molar-refractivity contribution in [1.82, 2.24) is 5.32 Å². The van der Waals surface area contributed by atoms with Gasteiger partial charge in [0.2, 0.25) is 5.91 Å². The van der Waals surface area contributed by atoms with Crippen molar-refractivity contribution in [3.63, 3.8) is 0 Å². The summed E-state index contributed by atoms with van der Waals surface area (Å²) in [4.78, 5) is 32.5. The maximum atomic E-state index is 11.4. The molecule has 8 heteroatoms. The summed E-state index contributed by atoms with van der Waals surface area (Å²) in [6.45, 7) is 0.373. The summed E-state index contributed by atoms with van der Waals surface area (Å²) in [6, 6.07) is -2.35. The van der Waals surface area contributed by atoms with E-state index in [0.29, 0.717) is 19.4 Å². The van der Waals surface area contributed by atoms with E-state index in [2.05, 4.69) is 5.32 Å². The molecule has 2 atom stereocenters. The molecule has 1 amide bonds. The van der Waals surface area contributed by atoms with Crippen LogP contribution in [0.1, 0.15) is 19.3 Å². The summed E-state index contributed by atoms with van der Waals surface area (Å²) >= 11 is 0. The molecule has 0 aliphatic carbocycles. The molecule has 0 rings (SSSR count). The van der Waals surface area contributed by atoms with E-state index in [1.165, 1.54) is 0 Å². The van der Waals surface area contributed by atoms with Crippen LogP contribution >= 0.6 is 0 Å². The van der Waals surface area contributed by atoms with Crippen molar-refractivity contribution in [3.05, 3.63) is 0 Å². The van der Waals surface area contributed by atoms with E-state index in [1.807, 2.05) is 0 Å². The van der Waals surface area contributed by atoms with Crippen LogP contribution in [-0.2, 0) is 14.4 Å². The monoisotopic (exact) mass is 247 g/mol. The lowest BCUT2D eigenvalue weighted by Gasteiger charge is -2.16. The number of hydrogen-bond donors (Lipinski definition) is 5. The fourth-order valence-corrected chi connectivity index (χ4v) is 1.12. The average molecular weight is 247 g/mol. The number of amides is 1. The first kappa shape index (κ1) is 15.3. The number of hydrogen-bond acceptors (Lipinski definition) is 5. The Balaban J connectivity index is 4.29. The Hall–Kier alpha value is -1.67. The predicted octanol–water partition coefficient (Wildman–Crippen LogP) is -1.90. The van der Waals surface area contributed by atoms with E-state index in [1.54, 1.807) is 0 Å². The number of carboxylic acid groups (broad SMARTS) is 2. The van der Waals surface area contributed by atoms with E-state index in [9.17, 15) is 14.4 Å². The van der Waals surface area contributed by atoms with Gasteiger partial charge in [-0.15, -0.1) is 0 Å². The number of carbonyl (C=O) groups is 3. The van der Waals surface area contributed by atoms with Crippen molar-refractivity contribution in [3.8, 4) is 0 Å². The average Bonchev–Trinajstić information content (AvgIpc) is 2.23. The van der Waals surface area contributed by atoms with Gasteiger partial charge in [-0.05, 0) is 19.4 Å². The van der Waals surface area contributed by atoms with Gasteiger partial charge in [0.15, 0.2) is 0 Å². The first-order valence-electron chi connectivity index (χ1n) is 5.09. The smallest absolute Gasteiger partial charge is 0.326 e. The summed E-state index contributed by atoms with van der Waals surface area (Å²) < 4.78 is 0. The lowest BCUT2D eigenvalue weighted by atomic mass is 10.1. The van der Waals surface area contributed by atoms with E-state index in [4.69, 9.17) is 21.7 Å². The van der Waals surface area contributed by atoms with E-state index in [-0.39, 0.29) is 0 Å². The zero-order valence-corrected chi connectivity index (χ0v) is 9.26. The van der Waals surface area contributed by atoms with Crippen LogP contribution in [0, 0.1) is 0 Å². The molecule has 0 fully saturated rings. The topological polar surface area (TPSA) is 156 Å². The number of carbonyl (C=O) groups excluding carboxylic acids is 1. The van der Waals surface area contributed by atoms with Crippen LogP contribution in [0.15, 0.2) is 0 Å². The van der Waals surface area contributed by atoms with Gasteiger partial charge in [0, 0.05) is 0 Å². The highest BCUT2D eigenvalue weighted by Crippen LogP contribution is 1.97. The summed E-state index contributed by atoms with van der Waals surface area (Å²) in [5.41, 5.74) is 10.7. The van der Waals surface area contributed by atoms with Gasteiger partial charge >= 0.3 is 11.9 Å². The molecule has 0 aromatic rings. The molecule has 0 aromatic carbocycles. The molecule has 0 spiro atoms. The standard InChI is InChI=1S/C9H17N3O5/c10-3-1-2-5(11)8(15)12-6(9(16)17)4-7(13)14/h5-6H,1-4,10-11H2,(H,12,15)(H,13,14)(H,16,17)/t5-,6+/m0/s1. The zero-order valence-electron chi connectivity index (χ0n) is 9.26.